The summed E-state index contributed by atoms with van der Waals surface area (Å²) in [6.07, 6.45) is 5.91. The number of hydrogen-bond acceptors (Lipinski definition) is 3. The van der Waals surface area contributed by atoms with E-state index in [4.69, 9.17) is 4.99 Å². The number of nitrogens with zero attached hydrogens (tertiary/aromatic N) is 1. The minimum absolute atomic E-state index is 0.386. The summed E-state index contributed by atoms with van der Waals surface area (Å²) in [5.74, 6) is 1.28. The Kier molecular flexibility index (Phi) is 6.63. The summed E-state index contributed by atoms with van der Waals surface area (Å²) in [5.41, 5.74) is 2.95. The zero-order valence-corrected chi connectivity index (χ0v) is 15.5. The number of hydrogen-bond donors (Lipinski definition) is 3. The molecule has 1 aromatic carbocycles. The number of phenolic OH excluding ortho intramolecular Hbond substituents is 1. The molecule has 0 radical (unpaired) electrons. The highest BCUT2D eigenvalue weighted by Crippen LogP contribution is 2.28. The second-order valence-electron chi connectivity index (χ2n) is 6.29. The van der Waals surface area contributed by atoms with Gasteiger partial charge in [-0.2, -0.15) is 11.8 Å². The number of phenols is 1. The van der Waals surface area contributed by atoms with Crippen molar-refractivity contribution in [3.8, 4) is 5.75 Å². The SMILES string of the molecule is CCNC(=NCc1cc(C)c(O)c(C)c1)NC1CCC(SC)C1. The average molecular weight is 336 g/mol. The third kappa shape index (κ3) is 5.06. The van der Waals surface area contributed by atoms with Crippen molar-refractivity contribution in [2.75, 3.05) is 12.8 Å². The number of rotatable bonds is 5. The maximum atomic E-state index is 9.87. The zero-order valence-electron chi connectivity index (χ0n) is 14.6. The van der Waals surface area contributed by atoms with Crippen LogP contribution < -0.4 is 10.6 Å². The van der Waals surface area contributed by atoms with Crippen LogP contribution in [0.3, 0.4) is 0 Å². The summed E-state index contributed by atoms with van der Waals surface area (Å²) < 4.78 is 0. The second kappa shape index (κ2) is 8.48. The van der Waals surface area contributed by atoms with Crippen LogP contribution in [-0.2, 0) is 6.54 Å². The van der Waals surface area contributed by atoms with Crippen LogP contribution in [-0.4, -0.2) is 35.2 Å². The van der Waals surface area contributed by atoms with Gasteiger partial charge >= 0.3 is 0 Å². The summed E-state index contributed by atoms with van der Waals surface area (Å²) in [4.78, 5) is 4.72. The molecule has 0 aromatic heterocycles. The zero-order chi connectivity index (χ0) is 16.8. The number of benzene rings is 1. The molecule has 2 unspecified atom stereocenters. The Labute approximate surface area is 144 Å². The van der Waals surface area contributed by atoms with Gasteiger partial charge in [-0.25, -0.2) is 4.99 Å². The van der Waals surface area contributed by atoms with Crippen molar-refractivity contribution in [2.45, 2.75) is 57.9 Å². The number of thioether (sulfide) groups is 1. The Balaban J connectivity index is 2.01. The smallest absolute Gasteiger partial charge is 0.191 e. The number of aliphatic imine (C=N–C) groups is 1. The molecule has 5 heteroatoms. The van der Waals surface area contributed by atoms with E-state index in [1.165, 1.54) is 19.3 Å². The molecule has 2 atom stereocenters. The molecule has 1 saturated carbocycles. The van der Waals surface area contributed by atoms with Gasteiger partial charge in [0.2, 0.25) is 0 Å². The van der Waals surface area contributed by atoms with Crippen LogP contribution in [0.5, 0.6) is 5.75 Å². The molecule has 1 aliphatic rings. The van der Waals surface area contributed by atoms with Crippen molar-refractivity contribution in [2.24, 2.45) is 4.99 Å². The third-order valence-electron chi connectivity index (χ3n) is 4.37. The first-order chi connectivity index (χ1) is 11.0. The Morgan fingerprint density at radius 2 is 2.00 bits per heavy atom. The van der Waals surface area contributed by atoms with E-state index in [-0.39, 0.29) is 0 Å². The van der Waals surface area contributed by atoms with E-state index in [1.54, 1.807) is 0 Å². The Morgan fingerprint density at radius 3 is 2.57 bits per heavy atom. The van der Waals surface area contributed by atoms with Crippen LogP contribution in [0.25, 0.3) is 0 Å². The van der Waals surface area contributed by atoms with Crippen molar-refractivity contribution in [1.82, 2.24) is 10.6 Å². The van der Waals surface area contributed by atoms with E-state index in [9.17, 15) is 5.11 Å². The summed E-state index contributed by atoms with van der Waals surface area (Å²) in [7, 11) is 0. The predicted molar refractivity (Wildman–Crippen MR) is 100 cm³/mol. The first-order valence-corrected chi connectivity index (χ1v) is 9.69. The van der Waals surface area contributed by atoms with Crippen molar-refractivity contribution >= 4 is 17.7 Å². The van der Waals surface area contributed by atoms with Crippen molar-refractivity contribution in [3.05, 3.63) is 28.8 Å². The minimum Gasteiger partial charge on any atom is -0.507 e. The van der Waals surface area contributed by atoms with Gasteiger partial charge in [0, 0.05) is 17.8 Å². The van der Waals surface area contributed by atoms with Gasteiger partial charge in [-0.1, -0.05) is 12.1 Å². The Hall–Kier alpha value is -1.36. The van der Waals surface area contributed by atoms with Crippen LogP contribution in [0, 0.1) is 13.8 Å². The highest BCUT2D eigenvalue weighted by Gasteiger charge is 2.24. The predicted octanol–water partition coefficient (Wildman–Crippen LogP) is 3.35. The summed E-state index contributed by atoms with van der Waals surface area (Å²) in [6, 6.07) is 4.54. The molecule has 0 spiro atoms. The summed E-state index contributed by atoms with van der Waals surface area (Å²) in [6.45, 7) is 7.43. The van der Waals surface area contributed by atoms with Gasteiger partial charge in [0.05, 0.1) is 6.54 Å². The van der Waals surface area contributed by atoms with Crippen LogP contribution >= 0.6 is 11.8 Å². The largest absolute Gasteiger partial charge is 0.507 e. The fourth-order valence-electron chi connectivity index (χ4n) is 3.11. The van der Waals surface area contributed by atoms with E-state index < -0.39 is 0 Å². The maximum Gasteiger partial charge on any atom is 0.191 e. The van der Waals surface area contributed by atoms with Crippen LogP contribution in [0.1, 0.15) is 42.9 Å². The van der Waals surface area contributed by atoms with Crippen molar-refractivity contribution < 1.29 is 5.11 Å². The lowest BCUT2D eigenvalue weighted by Gasteiger charge is -2.17. The monoisotopic (exact) mass is 335 g/mol. The lowest BCUT2D eigenvalue weighted by atomic mass is 10.1. The number of aromatic hydroxyl groups is 1. The molecular weight excluding hydrogens is 306 g/mol. The Morgan fingerprint density at radius 1 is 1.30 bits per heavy atom. The number of aryl methyl sites for hydroxylation is 2. The van der Waals surface area contributed by atoms with Crippen molar-refractivity contribution in [3.63, 3.8) is 0 Å². The number of guanidine groups is 1. The molecule has 128 valence electrons. The molecule has 1 aromatic rings. The maximum absolute atomic E-state index is 9.87. The van der Waals surface area contributed by atoms with E-state index in [1.807, 2.05) is 37.7 Å². The second-order valence-corrected chi connectivity index (χ2v) is 7.42. The van der Waals surface area contributed by atoms with Gasteiger partial charge in [0.25, 0.3) is 0 Å². The molecule has 0 bridgehead atoms. The molecule has 23 heavy (non-hydrogen) atoms. The first kappa shape index (κ1) is 18.0. The van der Waals surface area contributed by atoms with Crippen LogP contribution in [0.2, 0.25) is 0 Å². The standard InChI is InChI=1S/C18H29N3OS/c1-5-19-18(21-15-6-7-16(10-15)23-4)20-11-14-8-12(2)17(22)13(3)9-14/h8-9,15-16,22H,5-7,10-11H2,1-4H3,(H2,19,20,21). The number of nitrogens with one attached hydrogen (secondary N) is 2. The van der Waals surface area contributed by atoms with Crippen LogP contribution in [0.15, 0.2) is 17.1 Å². The lowest BCUT2D eigenvalue weighted by molar-refractivity contribution is 0.466. The van der Waals surface area contributed by atoms with E-state index in [2.05, 4.69) is 23.8 Å². The molecule has 0 heterocycles. The summed E-state index contributed by atoms with van der Waals surface area (Å²) >= 11 is 1.97. The molecule has 1 aliphatic carbocycles. The van der Waals surface area contributed by atoms with Crippen molar-refractivity contribution in [1.29, 1.82) is 0 Å². The van der Waals surface area contributed by atoms with E-state index >= 15 is 0 Å². The highest BCUT2D eigenvalue weighted by molar-refractivity contribution is 7.99. The fraction of sp³-hybridized carbons (Fsp3) is 0.611. The van der Waals surface area contributed by atoms with Gasteiger partial charge in [0.1, 0.15) is 5.75 Å². The molecule has 3 N–H and O–H groups in total. The van der Waals surface area contributed by atoms with Gasteiger partial charge in [-0.3, -0.25) is 0 Å². The average Bonchev–Trinajstić information content (AvgIpc) is 2.98. The molecule has 0 saturated heterocycles. The topological polar surface area (TPSA) is 56.7 Å². The van der Waals surface area contributed by atoms with Gasteiger partial charge in [0.15, 0.2) is 5.96 Å². The van der Waals surface area contributed by atoms with Gasteiger partial charge in [-0.15, -0.1) is 0 Å². The Bertz CT molecular complexity index is 536. The quantitative estimate of drug-likeness (QED) is 0.570. The summed E-state index contributed by atoms with van der Waals surface area (Å²) in [5, 5.41) is 17.5. The van der Waals surface area contributed by atoms with E-state index in [0.29, 0.717) is 18.3 Å². The molecule has 2 rings (SSSR count). The molecule has 0 amide bonds. The molecule has 0 aliphatic heterocycles. The highest BCUT2D eigenvalue weighted by atomic mass is 32.2. The molecular formula is C18H29N3OS. The minimum atomic E-state index is 0.386. The molecule has 1 fully saturated rings. The molecule has 4 nitrogen and oxygen atoms in total. The lowest BCUT2D eigenvalue weighted by Crippen LogP contribution is -2.42. The fourth-order valence-corrected chi connectivity index (χ4v) is 3.90. The van der Waals surface area contributed by atoms with Crippen LogP contribution in [0.4, 0.5) is 0 Å². The van der Waals surface area contributed by atoms with E-state index in [0.717, 1.165) is 34.4 Å². The third-order valence-corrected chi connectivity index (χ3v) is 5.47. The normalized spacial score (nSPS) is 21.5. The van der Waals surface area contributed by atoms with Gasteiger partial charge in [-0.05, 0) is 63.0 Å². The first-order valence-electron chi connectivity index (χ1n) is 8.40. The van der Waals surface area contributed by atoms with Gasteiger partial charge < -0.3 is 15.7 Å².